The molecule has 2 heterocycles. The number of nitrogens with one attached hydrogen (secondary N) is 1. The average Bonchev–Trinajstić information content (AvgIpc) is 2.40. The molecule has 0 radical (unpaired) electrons. The number of pyridine rings is 1. The Kier molecular flexibility index (Phi) is 2.26. The molecule has 4 nitrogen and oxygen atoms in total. The fourth-order valence-corrected chi connectivity index (χ4v) is 1.81. The maximum Gasteiger partial charge on any atom is 0.342 e. The zero-order valence-electron chi connectivity index (χ0n) is 8.96. The number of hydrogen-bond donors (Lipinski definition) is 1. The minimum atomic E-state index is -0.467. The number of nitrogens with zero attached hydrogens (tertiary/aromatic N) is 1. The molecular weight excluding hydrogens is 216 g/mol. The number of anilines is 1. The number of carbonyl (C=O) groups excluding carboxylic acids is 1. The zero-order chi connectivity index (χ0) is 11.7. The third-order valence-electron chi connectivity index (χ3n) is 2.65. The molecule has 0 amide bonds. The molecule has 84 valence electrons. The maximum atomic E-state index is 11.8. The van der Waals surface area contributed by atoms with Crippen molar-refractivity contribution in [2.75, 3.05) is 5.32 Å². The Bertz CT molecular complexity index is 554. The lowest BCUT2D eigenvalue weighted by atomic mass is 10.1. The van der Waals surface area contributed by atoms with Crippen molar-refractivity contribution in [3.8, 4) is 0 Å². The molecule has 17 heavy (non-hydrogen) atoms. The minimum Gasteiger partial charge on any atom is -0.434 e. The van der Waals surface area contributed by atoms with Gasteiger partial charge in [-0.15, -0.1) is 0 Å². The smallest absolute Gasteiger partial charge is 0.342 e. The first-order valence-electron chi connectivity index (χ1n) is 5.31. The van der Waals surface area contributed by atoms with Crippen LogP contribution in [-0.4, -0.2) is 11.0 Å². The van der Waals surface area contributed by atoms with Gasteiger partial charge in [-0.1, -0.05) is 18.2 Å². The summed E-state index contributed by atoms with van der Waals surface area (Å²) >= 11 is 0. The Morgan fingerprint density at radius 3 is 2.88 bits per heavy atom. The van der Waals surface area contributed by atoms with Crippen molar-refractivity contribution in [1.82, 2.24) is 4.98 Å². The van der Waals surface area contributed by atoms with Crippen molar-refractivity contribution < 1.29 is 9.53 Å². The molecule has 1 aliphatic rings. The number of aromatic nitrogens is 1. The number of ether oxygens (including phenoxy) is 1. The second-order valence-corrected chi connectivity index (χ2v) is 3.76. The molecule has 0 spiro atoms. The molecular formula is C13H10N2O2. The van der Waals surface area contributed by atoms with E-state index in [0.29, 0.717) is 5.56 Å². The summed E-state index contributed by atoms with van der Waals surface area (Å²) in [7, 11) is 0. The van der Waals surface area contributed by atoms with Crippen LogP contribution in [0.2, 0.25) is 0 Å². The molecule has 0 saturated heterocycles. The summed E-state index contributed by atoms with van der Waals surface area (Å²) in [6, 6.07) is 11.0. The topological polar surface area (TPSA) is 51.2 Å². The first-order valence-corrected chi connectivity index (χ1v) is 5.31. The third kappa shape index (κ3) is 1.73. The highest BCUT2D eigenvalue weighted by Crippen LogP contribution is 2.29. The second kappa shape index (κ2) is 3.90. The van der Waals surface area contributed by atoms with E-state index in [1.165, 1.54) is 0 Å². The predicted octanol–water partition coefficient (Wildman–Crippen LogP) is 2.36. The van der Waals surface area contributed by atoms with Crippen LogP contribution in [0.5, 0.6) is 0 Å². The number of hydrogen-bond acceptors (Lipinski definition) is 4. The van der Waals surface area contributed by atoms with E-state index < -0.39 is 6.23 Å². The van der Waals surface area contributed by atoms with Crippen molar-refractivity contribution >= 4 is 11.7 Å². The van der Waals surface area contributed by atoms with E-state index in [0.717, 1.165) is 11.3 Å². The van der Waals surface area contributed by atoms with Gasteiger partial charge in [0.25, 0.3) is 0 Å². The molecule has 1 N–H and O–H groups in total. The fourth-order valence-electron chi connectivity index (χ4n) is 1.81. The van der Waals surface area contributed by atoms with Crippen molar-refractivity contribution in [2.24, 2.45) is 0 Å². The fraction of sp³-hybridized carbons (Fsp3) is 0.0769. The number of benzene rings is 1. The Hall–Kier alpha value is -2.36. The summed E-state index contributed by atoms with van der Waals surface area (Å²) in [5, 5.41) is 3.16. The van der Waals surface area contributed by atoms with E-state index >= 15 is 0 Å². The highest BCUT2D eigenvalue weighted by Gasteiger charge is 2.26. The van der Waals surface area contributed by atoms with Gasteiger partial charge >= 0.3 is 5.97 Å². The van der Waals surface area contributed by atoms with Crippen LogP contribution in [0.25, 0.3) is 0 Å². The Balaban J connectivity index is 1.97. The molecule has 0 bridgehead atoms. The number of para-hydroxylation sites is 1. The molecule has 0 fully saturated rings. The van der Waals surface area contributed by atoms with Crippen LogP contribution in [0, 0.1) is 0 Å². The first-order chi connectivity index (χ1) is 8.34. The first kappa shape index (κ1) is 9.84. The average molecular weight is 226 g/mol. The van der Waals surface area contributed by atoms with Gasteiger partial charge in [0.15, 0.2) is 0 Å². The second-order valence-electron chi connectivity index (χ2n) is 3.76. The molecule has 2 aromatic rings. The summed E-state index contributed by atoms with van der Waals surface area (Å²) in [5.41, 5.74) is 2.18. The van der Waals surface area contributed by atoms with Gasteiger partial charge < -0.3 is 10.1 Å². The monoisotopic (exact) mass is 226 g/mol. The summed E-state index contributed by atoms with van der Waals surface area (Å²) in [5.74, 6) is -0.312. The van der Waals surface area contributed by atoms with Gasteiger partial charge in [-0.05, 0) is 18.2 Å². The summed E-state index contributed by atoms with van der Waals surface area (Å²) < 4.78 is 5.31. The number of cyclic esters (lactones) is 1. The van der Waals surface area contributed by atoms with Gasteiger partial charge in [-0.3, -0.25) is 4.98 Å². The van der Waals surface area contributed by atoms with Crippen molar-refractivity contribution in [1.29, 1.82) is 0 Å². The Labute approximate surface area is 98.3 Å². The SMILES string of the molecule is O=C1O[C@@H](c2cccnc2)Nc2ccccc21. The van der Waals surface area contributed by atoms with Gasteiger partial charge in [0.2, 0.25) is 6.23 Å². The molecule has 0 saturated carbocycles. The van der Waals surface area contributed by atoms with E-state index in [1.54, 1.807) is 18.5 Å². The Morgan fingerprint density at radius 1 is 1.18 bits per heavy atom. The summed E-state index contributed by atoms with van der Waals surface area (Å²) in [6.07, 6.45) is 2.90. The van der Waals surface area contributed by atoms with Crippen molar-refractivity contribution in [3.63, 3.8) is 0 Å². The van der Waals surface area contributed by atoms with E-state index in [2.05, 4.69) is 10.3 Å². The van der Waals surface area contributed by atoms with Crippen molar-refractivity contribution in [3.05, 3.63) is 59.9 Å². The lowest BCUT2D eigenvalue weighted by molar-refractivity contribution is 0.0330. The molecule has 4 heteroatoms. The number of fused-ring (bicyclic) bond motifs is 1. The number of esters is 1. The molecule has 1 atom stereocenters. The maximum absolute atomic E-state index is 11.8. The van der Waals surface area contributed by atoms with Crippen LogP contribution in [0.1, 0.15) is 22.1 Å². The van der Waals surface area contributed by atoms with E-state index in [1.807, 2.05) is 30.3 Å². The van der Waals surface area contributed by atoms with Crippen LogP contribution in [0.4, 0.5) is 5.69 Å². The normalized spacial score (nSPS) is 17.9. The number of rotatable bonds is 1. The van der Waals surface area contributed by atoms with Gasteiger partial charge in [-0.2, -0.15) is 0 Å². The minimum absolute atomic E-state index is 0.312. The van der Waals surface area contributed by atoms with E-state index in [-0.39, 0.29) is 5.97 Å². The van der Waals surface area contributed by atoms with Crippen LogP contribution in [0.15, 0.2) is 48.8 Å². The van der Waals surface area contributed by atoms with Crippen LogP contribution < -0.4 is 5.32 Å². The summed E-state index contributed by atoms with van der Waals surface area (Å²) in [4.78, 5) is 15.8. The van der Waals surface area contributed by atoms with Gasteiger partial charge in [0.05, 0.1) is 11.3 Å². The van der Waals surface area contributed by atoms with E-state index in [9.17, 15) is 4.79 Å². The molecule has 1 aliphatic heterocycles. The highest BCUT2D eigenvalue weighted by atomic mass is 16.6. The van der Waals surface area contributed by atoms with Gasteiger partial charge in [-0.25, -0.2) is 4.79 Å². The molecule has 0 aliphatic carbocycles. The zero-order valence-corrected chi connectivity index (χ0v) is 8.96. The van der Waals surface area contributed by atoms with Crippen LogP contribution >= 0.6 is 0 Å². The lowest BCUT2D eigenvalue weighted by Crippen LogP contribution is -2.25. The van der Waals surface area contributed by atoms with E-state index in [4.69, 9.17) is 4.74 Å². The third-order valence-corrected chi connectivity index (χ3v) is 2.65. The molecule has 3 rings (SSSR count). The molecule has 1 aromatic heterocycles. The summed E-state index contributed by atoms with van der Waals surface area (Å²) in [6.45, 7) is 0. The number of carbonyl (C=O) groups is 1. The lowest BCUT2D eigenvalue weighted by Gasteiger charge is -2.26. The predicted molar refractivity (Wildman–Crippen MR) is 62.5 cm³/mol. The molecule has 1 aromatic carbocycles. The highest BCUT2D eigenvalue weighted by molar-refractivity contribution is 5.97. The van der Waals surface area contributed by atoms with Crippen molar-refractivity contribution in [2.45, 2.75) is 6.23 Å². The standard InChI is InChI=1S/C13H10N2O2/c16-13-10-5-1-2-6-11(10)15-12(17-13)9-4-3-7-14-8-9/h1-8,12,15H/t12-/m0/s1. The largest absolute Gasteiger partial charge is 0.434 e. The van der Waals surface area contributed by atoms with Gasteiger partial charge in [0.1, 0.15) is 0 Å². The Morgan fingerprint density at radius 2 is 2.06 bits per heavy atom. The molecule has 0 unspecified atom stereocenters. The van der Waals surface area contributed by atoms with Crippen LogP contribution in [-0.2, 0) is 4.74 Å². The quantitative estimate of drug-likeness (QED) is 0.758. The van der Waals surface area contributed by atoms with Gasteiger partial charge in [0, 0.05) is 18.0 Å². The van der Waals surface area contributed by atoms with Crippen LogP contribution in [0.3, 0.4) is 0 Å².